The maximum atomic E-state index is 13.1. The Morgan fingerprint density at radius 2 is 1.56 bits per heavy atom. The minimum atomic E-state index is -0.284. The van der Waals surface area contributed by atoms with Gasteiger partial charge in [-0.1, -0.05) is 23.7 Å². The standard InChI is InChI=1S/C21H13ClFNO/c22-15-7-5-14(6-8-15)21-13-19(18-3-1-2-4-20(18)25-21)24-17-11-9-16(23)10-12-17/h1-13H. The largest absolute Gasteiger partial charge is 0.456 e. The number of hydrogen-bond donors (Lipinski definition) is 0. The van der Waals surface area contributed by atoms with Gasteiger partial charge in [0.15, 0.2) is 0 Å². The van der Waals surface area contributed by atoms with E-state index in [4.69, 9.17) is 16.0 Å². The van der Waals surface area contributed by atoms with E-state index in [0.717, 1.165) is 21.9 Å². The minimum Gasteiger partial charge on any atom is -0.456 e. The molecule has 1 aromatic heterocycles. The third kappa shape index (κ3) is 3.32. The Morgan fingerprint density at radius 3 is 2.32 bits per heavy atom. The van der Waals surface area contributed by atoms with Crippen LogP contribution in [-0.4, -0.2) is 0 Å². The lowest BCUT2D eigenvalue weighted by Crippen LogP contribution is -2.03. The van der Waals surface area contributed by atoms with Gasteiger partial charge in [0.1, 0.15) is 17.2 Å². The number of fused-ring (bicyclic) bond motifs is 1. The average Bonchev–Trinajstić information content (AvgIpc) is 2.64. The van der Waals surface area contributed by atoms with Gasteiger partial charge in [0.05, 0.1) is 11.0 Å². The van der Waals surface area contributed by atoms with Gasteiger partial charge in [-0.25, -0.2) is 9.38 Å². The minimum absolute atomic E-state index is 0.284. The summed E-state index contributed by atoms with van der Waals surface area (Å²) >= 11 is 5.97. The fraction of sp³-hybridized carbons (Fsp3) is 0. The van der Waals surface area contributed by atoms with Gasteiger partial charge in [-0.2, -0.15) is 0 Å². The third-order valence-electron chi connectivity index (χ3n) is 3.86. The zero-order valence-corrected chi connectivity index (χ0v) is 13.9. The molecule has 0 fully saturated rings. The topological polar surface area (TPSA) is 25.5 Å². The Morgan fingerprint density at radius 1 is 0.840 bits per heavy atom. The Bertz CT molecular complexity index is 1100. The first-order valence-electron chi connectivity index (χ1n) is 7.78. The van der Waals surface area contributed by atoms with E-state index >= 15 is 0 Å². The van der Waals surface area contributed by atoms with Crippen molar-refractivity contribution in [2.75, 3.05) is 0 Å². The lowest BCUT2D eigenvalue weighted by molar-refractivity contribution is 0.618. The number of rotatable bonds is 2. The van der Waals surface area contributed by atoms with Crippen molar-refractivity contribution in [2.45, 2.75) is 0 Å². The molecule has 0 bridgehead atoms. The van der Waals surface area contributed by atoms with Crippen LogP contribution in [0.3, 0.4) is 0 Å². The van der Waals surface area contributed by atoms with Gasteiger partial charge in [-0.15, -0.1) is 0 Å². The third-order valence-corrected chi connectivity index (χ3v) is 4.11. The van der Waals surface area contributed by atoms with Crippen LogP contribution in [0.25, 0.3) is 22.3 Å². The van der Waals surface area contributed by atoms with Gasteiger partial charge >= 0.3 is 0 Å². The highest BCUT2D eigenvalue weighted by Gasteiger charge is 2.06. The van der Waals surface area contributed by atoms with Crippen LogP contribution in [-0.2, 0) is 0 Å². The highest BCUT2D eigenvalue weighted by atomic mass is 35.5. The average molecular weight is 350 g/mol. The second-order valence-corrected chi connectivity index (χ2v) is 6.02. The molecule has 0 aliphatic rings. The van der Waals surface area contributed by atoms with E-state index in [1.54, 1.807) is 12.1 Å². The molecule has 0 radical (unpaired) electrons. The van der Waals surface area contributed by atoms with Crippen molar-refractivity contribution in [1.82, 2.24) is 0 Å². The molecule has 4 heteroatoms. The van der Waals surface area contributed by atoms with E-state index in [1.807, 2.05) is 54.6 Å². The molecule has 1 heterocycles. The Labute approximate surface area is 148 Å². The molecule has 2 nitrogen and oxygen atoms in total. The summed E-state index contributed by atoms with van der Waals surface area (Å²) in [5, 5.41) is 2.32. The first kappa shape index (κ1) is 15.6. The van der Waals surface area contributed by atoms with E-state index in [9.17, 15) is 4.39 Å². The number of benzene rings is 3. The van der Waals surface area contributed by atoms with E-state index < -0.39 is 0 Å². The predicted molar refractivity (Wildman–Crippen MR) is 98.3 cm³/mol. The van der Waals surface area contributed by atoms with Crippen LogP contribution in [0.2, 0.25) is 5.02 Å². The summed E-state index contributed by atoms with van der Waals surface area (Å²) in [4.78, 5) is 4.66. The molecule has 25 heavy (non-hydrogen) atoms. The van der Waals surface area contributed by atoms with Gasteiger partial charge in [0.25, 0.3) is 0 Å². The fourth-order valence-electron chi connectivity index (χ4n) is 2.62. The molecule has 4 rings (SSSR count). The van der Waals surface area contributed by atoms with Crippen molar-refractivity contribution in [3.63, 3.8) is 0 Å². The summed E-state index contributed by atoms with van der Waals surface area (Å²) < 4.78 is 19.2. The van der Waals surface area contributed by atoms with Crippen molar-refractivity contribution in [1.29, 1.82) is 0 Å². The van der Waals surface area contributed by atoms with Crippen LogP contribution in [0.4, 0.5) is 10.1 Å². The Kier molecular flexibility index (Phi) is 4.08. The zero-order chi connectivity index (χ0) is 17.2. The van der Waals surface area contributed by atoms with E-state index in [-0.39, 0.29) is 5.82 Å². The smallest absolute Gasteiger partial charge is 0.136 e. The molecule has 0 aliphatic carbocycles. The maximum Gasteiger partial charge on any atom is 0.136 e. The van der Waals surface area contributed by atoms with Crippen LogP contribution >= 0.6 is 11.6 Å². The molecule has 3 aromatic carbocycles. The second kappa shape index (κ2) is 6.54. The summed E-state index contributed by atoms with van der Waals surface area (Å²) in [6.07, 6.45) is 0. The molecule has 0 spiro atoms. The maximum absolute atomic E-state index is 13.1. The summed E-state index contributed by atoms with van der Waals surface area (Å²) in [5.74, 6) is 0.407. The van der Waals surface area contributed by atoms with E-state index in [2.05, 4.69) is 4.99 Å². The van der Waals surface area contributed by atoms with E-state index in [1.165, 1.54) is 12.1 Å². The fourth-order valence-corrected chi connectivity index (χ4v) is 2.75. The van der Waals surface area contributed by atoms with Crippen molar-refractivity contribution >= 4 is 28.3 Å². The number of nitrogens with zero attached hydrogens (tertiary/aromatic N) is 1. The second-order valence-electron chi connectivity index (χ2n) is 5.59. The normalized spacial score (nSPS) is 11.8. The summed E-state index contributed by atoms with van der Waals surface area (Å²) in [6.45, 7) is 0. The SMILES string of the molecule is Fc1ccc(N=c2cc(-c3ccc(Cl)cc3)oc3ccccc23)cc1. The number of halogens is 2. The molecule has 0 saturated carbocycles. The molecule has 0 saturated heterocycles. The van der Waals surface area contributed by atoms with Crippen LogP contribution in [0.5, 0.6) is 0 Å². The van der Waals surface area contributed by atoms with Crippen molar-refractivity contribution in [3.05, 3.63) is 95.1 Å². The summed E-state index contributed by atoms with van der Waals surface area (Å²) in [7, 11) is 0. The predicted octanol–water partition coefficient (Wildman–Crippen LogP) is 6.12. The van der Waals surface area contributed by atoms with Gasteiger partial charge in [-0.3, -0.25) is 0 Å². The Balaban J connectivity index is 1.95. The van der Waals surface area contributed by atoms with Gasteiger partial charge in [-0.05, 0) is 60.7 Å². The lowest BCUT2D eigenvalue weighted by Gasteiger charge is -2.05. The highest BCUT2D eigenvalue weighted by Crippen LogP contribution is 2.24. The van der Waals surface area contributed by atoms with Crippen molar-refractivity contribution in [3.8, 4) is 11.3 Å². The first-order chi connectivity index (χ1) is 12.2. The summed E-state index contributed by atoms with van der Waals surface area (Å²) in [5.41, 5.74) is 2.32. The van der Waals surface area contributed by atoms with Crippen LogP contribution in [0.15, 0.2) is 88.3 Å². The number of hydrogen-bond acceptors (Lipinski definition) is 2. The van der Waals surface area contributed by atoms with E-state index in [0.29, 0.717) is 16.5 Å². The molecular formula is C21H13ClFNO. The molecule has 4 aromatic rings. The summed E-state index contributed by atoms with van der Waals surface area (Å²) in [6, 6.07) is 23.1. The van der Waals surface area contributed by atoms with Crippen LogP contribution in [0.1, 0.15) is 0 Å². The van der Waals surface area contributed by atoms with Crippen LogP contribution < -0.4 is 5.36 Å². The van der Waals surface area contributed by atoms with Crippen LogP contribution in [0, 0.1) is 5.82 Å². The lowest BCUT2D eigenvalue weighted by atomic mass is 10.1. The molecule has 0 unspecified atom stereocenters. The molecule has 0 atom stereocenters. The molecule has 0 amide bonds. The Hall–Kier alpha value is -2.91. The van der Waals surface area contributed by atoms with Gasteiger partial charge in [0, 0.05) is 22.0 Å². The van der Waals surface area contributed by atoms with Gasteiger partial charge in [0.2, 0.25) is 0 Å². The quantitative estimate of drug-likeness (QED) is 0.427. The zero-order valence-electron chi connectivity index (χ0n) is 13.1. The first-order valence-corrected chi connectivity index (χ1v) is 8.16. The molecule has 0 aliphatic heterocycles. The van der Waals surface area contributed by atoms with Crippen molar-refractivity contribution < 1.29 is 8.81 Å². The van der Waals surface area contributed by atoms with Gasteiger partial charge < -0.3 is 4.42 Å². The molecular weight excluding hydrogens is 337 g/mol. The number of para-hydroxylation sites is 1. The van der Waals surface area contributed by atoms with Crippen molar-refractivity contribution in [2.24, 2.45) is 4.99 Å². The molecule has 0 N–H and O–H groups in total. The molecule has 122 valence electrons. The highest BCUT2D eigenvalue weighted by molar-refractivity contribution is 6.30. The monoisotopic (exact) mass is 349 g/mol.